The van der Waals surface area contributed by atoms with Gasteiger partial charge in [0.05, 0.1) is 0 Å². The predicted octanol–water partition coefficient (Wildman–Crippen LogP) is -0.830. The van der Waals surface area contributed by atoms with Crippen LogP contribution in [0.2, 0.25) is 0 Å². The van der Waals surface area contributed by atoms with Gasteiger partial charge in [-0.25, -0.2) is 9.59 Å². The van der Waals surface area contributed by atoms with Crippen LogP contribution in [0.1, 0.15) is 12.8 Å². The van der Waals surface area contributed by atoms with Gasteiger partial charge < -0.3 is 14.9 Å². The van der Waals surface area contributed by atoms with E-state index in [-0.39, 0.29) is 11.9 Å². The number of urea groups is 1. The fourth-order valence-corrected chi connectivity index (χ4v) is 2.42. The van der Waals surface area contributed by atoms with Crippen molar-refractivity contribution in [3.05, 3.63) is 12.2 Å². The Kier molecular flexibility index (Phi) is 4.02. The van der Waals surface area contributed by atoms with E-state index in [0.29, 0.717) is 32.1 Å². The van der Waals surface area contributed by atoms with Gasteiger partial charge in [-0.1, -0.05) is 0 Å². The molecule has 1 unspecified atom stereocenters. The molecule has 2 rings (SSSR count). The standard InChI is InChI=1S/C12H15N3O5/c16-9(2-4-11(18)19)13-12(20)14-5-6-15-8(7-14)1-3-10(15)17/h2,4,8H,1,3,5-7H2,(H,18,19)(H,13,16,20)/b4-2+. The summed E-state index contributed by atoms with van der Waals surface area (Å²) in [5.74, 6) is -1.93. The number of carbonyl (C=O) groups is 4. The zero-order valence-corrected chi connectivity index (χ0v) is 10.7. The molecular weight excluding hydrogens is 266 g/mol. The summed E-state index contributed by atoms with van der Waals surface area (Å²) in [6.07, 6.45) is 2.67. The molecule has 4 amide bonds. The van der Waals surface area contributed by atoms with Gasteiger partial charge in [-0.05, 0) is 6.42 Å². The third-order valence-corrected chi connectivity index (χ3v) is 3.39. The van der Waals surface area contributed by atoms with Crippen molar-refractivity contribution in [2.75, 3.05) is 19.6 Å². The summed E-state index contributed by atoms with van der Waals surface area (Å²) in [4.78, 5) is 48.1. The minimum absolute atomic E-state index is 0.0201. The largest absolute Gasteiger partial charge is 0.478 e. The van der Waals surface area contributed by atoms with Crippen LogP contribution in [-0.2, 0) is 14.4 Å². The highest BCUT2D eigenvalue weighted by Gasteiger charge is 2.36. The van der Waals surface area contributed by atoms with Crippen LogP contribution in [-0.4, -0.2) is 64.4 Å². The summed E-state index contributed by atoms with van der Waals surface area (Å²) < 4.78 is 0. The quantitative estimate of drug-likeness (QED) is 0.642. The topological polar surface area (TPSA) is 107 Å². The number of carboxylic acids is 1. The van der Waals surface area contributed by atoms with E-state index in [9.17, 15) is 19.2 Å². The number of amides is 4. The van der Waals surface area contributed by atoms with Crippen LogP contribution < -0.4 is 5.32 Å². The molecule has 1 atom stereocenters. The van der Waals surface area contributed by atoms with E-state index in [0.717, 1.165) is 12.5 Å². The van der Waals surface area contributed by atoms with Crippen molar-refractivity contribution >= 4 is 23.8 Å². The predicted molar refractivity (Wildman–Crippen MR) is 66.6 cm³/mol. The first-order chi connectivity index (χ1) is 9.47. The number of fused-ring (bicyclic) bond motifs is 1. The van der Waals surface area contributed by atoms with Gasteiger partial charge in [0, 0.05) is 44.2 Å². The average Bonchev–Trinajstić information content (AvgIpc) is 2.77. The van der Waals surface area contributed by atoms with Crippen LogP contribution in [0.25, 0.3) is 0 Å². The van der Waals surface area contributed by atoms with Gasteiger partial charge in [0.25, 0.3) is 5.91 Å². The number of piperazine rings is 1. The van der Waals surface area contributed by atoms with E-state index in [2.05, 4.69) is 5.32 Å². The van der Waals surface area contributed by atoms with Crippen LogP contribution in [0.4, 0.5) is 4.79 Å². The number of carbonyl (C=O) groups excluding carboxylic acids is 3. The zero-order valence-electron chi connectivity index (χ0n) is 10.7. The highest BCUT2D eigenvalue weighted by molar-refractivity contribution is 6.02. The molecule has 2 heterocycles. The molecule has 0 aromatic rings. The first kappa shape index (κ1) is 14.0. The van der Waals surface area contributed by atoms with Crippen LogP contribution in [0.5, 0.6) is 0 Å². The molecule has 108 valence electrons. The lowest BCUT2D eigenvalue weighted by molar-refractivity contribution is -0.132. The summed E-state index contributed by atoms with van der Waals surface area (Å²) in [6.45, 7) is 1.23. The third-order valence-electron chi connectivity index (χ3n) is 3.39. The van der Waals surface area contributed by atoms with Gasteiger partial charge in [0.1, 0.15) is 0 Å². The molecule has 0 aromatic carbocycles. The van der Waals surface area contributed by atoms with Crippen molar-refractivity contribution in [1.29, 1.82) is 0 Å². The van der Waals surface area contributed by atoms with Crippen molar-refractivity contribution < 1.29 is 24.3 Å². The monoisotopic (exact) mass is 281 g/mol. The Balaban J connectivity index is 1.86. The number of hydrogen-bond donors (Lipinski definition) is 2. The van der Waals surface area contributed by atoms with E-state index in [4.69, 9.17) is 5.11 Å². The minimum atomic E-state index is -1.26. The highest BCUT2D eigenvalue weighted by atomic mass is 16.4. The van der Waals surface area contributed by atoms with Crippen molar-refractivity contribution in [2.24, 2.45) is 0 Å². The molecule has 20 heavy (non-hydrogen) atoms. The minimum Gasteiger partial charge on any atom is -0.478 e. The molecular formula is C12H15N3O5. The second-order valence-electron chi connectivity index (χ2n) is 4.69. The maximum atomic E-state index is 11.8. The second-order valence-corrected chi connectivity index (χ2v) is 4.69. The molecule has 0 bridgehead atoms. The molecule has 2 N–H and O–H groups in total. The summed E-state index contributed by atoms with van der Waals surface area (Å²) in [7, 11) is 0. The number of nitrogens with one attached hydrogen (secondary N) is 1. The molecule has 2 aliphatic heterocycles. The number of nitrogens with zero attached hydrogens (tertiary/aromatic N) is 2. The van der Waals surface area contributed by atoms with Gasteiger partial charge in [-0.15, -0.1) is 0 Å². The zero-order chi connectivity index (χ0) is 14.7. The number of rotatable bonds is 2. The molecule has 0 radical (unpaired) electrons. The molecule has 0 spiro atoms. The van der Waals surface area contributed by atoms with E-state index in [1.54, 1.807) is 4.90 Å². The Morgan fingerprint density at radius 3 is 2.70 bits per heavy atom. The Morgan fingerprint density at radius 2 is 2.00 bits per heavy atom. The first-order valence-electron chi connectivity index (χ1n) is 6.27. The van der Waals surface area contributed by atoms with Gasteiger partial charge in [-0.3, -0.25) is 14.9 Å². The molecule has 2 saturated heterocycles. The molecule has 0 aromatic heterocycles. The number of carboxylic acid groups (broad SMARTS) is 1. The second kappa shape index (κ2) is 5.72. The van der Waals surface area contributed by atoms with Crippen LogP contribution in [0.15, 0.2) is 12.2 Å². The molecule has 0 aliphatic carbocycles. The lowest BCUT2D eigenvalue weighted by atomic mass is 10.2. The summed E-state index contributed by atoms with van der Waals surface area (Å²) in [5, 5.41) is 10.5. The lowest BCUT2D eigenvalue weighted by Gasteiger charge is -2.37. The van der Waals surface area contributed by atoms with Gasteiger partial charge >= 0.3 is 12.0 Å². The molecule has 0 saturated carbocycles. The summed E-state index contributed by atoms with van der Waals surface area (Å²) >= 11 is 0. The fourth-order valence-electron chi connectivity index (χ4n) is 2.42. The Bertz CT molecular complexity index is 487. The Morgan fingerprint density at radius 1 is 1.25 bits per heavy atom. The molecule has 2 aliphatic rings. The smallest absolute Gasteiger partial charge is 0.328 e. The lowest BCUT2D eigenvalue weighted by Crippen LogP contribution is -2.56. The van der Waals surface area contributed by atoms with Gasteiger partial charge in [-0.2, -0.15) is 0 Å². The molecule has 2 fully saturated rings. The van der Waals surface area contributed by atoms with Crippen molar-refractivity contribution in [1.82, 2.24) is 15.1 Å². The van der Waals surface area contributed by atoms with E-state index < -0.39 is 17.9 Å². The van der Waals surface area contributed by atoms with Crippen molar-refractivity contribution in [2.45, 2.75) is 18.9 Å². The average molecular weight is 281 g/mol. The SMILES string of the molecule is O=C(O)/C=C/C(=O)NC(=O)N1CCN2C(=O)CCC2C1. The Hall–Kier alpha value is -2.38. The Labute approximate surface area is 115 Å². The van der Waals surface area contributed by atoms with E-state index >= 15 is 0 Å². The number of imide groups is 1. The maximum absolute atomic E-state index is 11.8. The van der Waals surface area contributed by atoms with E-state index in [1.165, 1.54) is 4.90 Å². The van der Waals surface area contributed by atoms with Crippen molar-refractivity contribution in [3.8, 4) is 0 Å². The highest BCUT2D eigenvalue weighted by Crippen LogP contribution is 2.22. The summed E-state index contributed by atoms with van der Waals surface area (Å²) in [5.41, 5.74) is 0. The first-order valence-corrected chi connectivity index (χ1v) is 6.27. The third kappa shape index (κ3) is 3.14. The normalized spacial score (nSPS) is 22.0. The van der Waals surface area contributed by atoms with Crippen LogP contribution in [0.3, 0.4) is 0 Å². The number of hydrogen-bond acceptors (Lipinski definition) is 4. The maximum Gasteiger partial charge on any atom is 0.328 e. The number of aliphatic carboxylic acids is 1. The fraction of sp³-hybridized carbons (Fsp3) is 0.500. The van der Waals surface area contributed by atoms with Crippen molar-refractivity contribution in [3.63, 3.8) is 0 Å². The van der Waals surface area contributed by atoms with Crippen LogP contribution >= 0.6 is 0 Å². The summed E-state index contributed by atoms with van der Waals surface area (Å²) in [6, 6.07) is -0.546. The molecule has 8 nitrogen and oxygen atoms in total. The van der Waals surface area contributed by atoms with Gasteiger partial charge in [0.2, 0.25) is 5.91 Å². The van der Waals surface area contributed by atoms with E-state index in [1.807, 2.05) is 0 Å². The molecule has 8 heteroatoms. The van der Waals surface area contributed by atoms with Crippen LogP contribution in [0, 0.1) is 0 Å². The van der Waals surface area contributed by atoms with Gasteiger partial charge in [0.15, 0.2) is 0 Å².